The van der Waals surface area contributed by atoms with Crippen molar-refractivity contribution in [2.24, 2.45) is 0 Å². The van der Waals surface area contributed by atoms with E-state index in [1.54, 1.807) is 35.2 Å². The van der Waals surface area contributed by atoms with Crippen molar-refractivity contribution in [3.05, 3.63) is 83.1 Å². The molecule has 13 nitrogen and oxygen atoms in total. The molecular weight excluding hydrogens is 699 g/mol. The summed E-state index contributed by atoms with van der Waals surface area (Å²) in [5.74, 6) is 1.32. The van der Waals surface area contributed by atoms with Crippen LogP contribution in [-0.4, -0.2) is 82.0 Å². The number of anilines is 2. The molecule has 6 heterocycles. The number of H-pyrrole nitrogens is 1. The van der Waals surface area contributed by atoms with E-state index in [9.17, 15) is 14.4 Å². The second-order valence-electron chi connectivity index (χ2n) is 15.9. The highest BCUT2D eigenvalue weighted by atomic mass is 16.6. The number of aromatic nitrogens is 2. The number of hydrogen-bond donors (Lipinski definition) is 3. The Kier molecular flexibility index (Phi) is 10.1. The minimum Gasteiger partial charge on any atom is -0.453 e. The minimum atomic E-state index is -0.480. The lowest BCUT2D eigenvalue weighted by atomic mass is 9.93. The molecule has 2 saturated heterocycles. The van der Waals surface area contributed by atoms with E-state index in [0.717, 1.165) is 61.9 Å². The summed E-state index contributed by atoms with van der Waals surface area (Å²) >= 11 is 0. The quantitative estimate of drug-likeness (QED) is 0.133. The van der Waals surface area contributed by atoms with Gasteiger partial charge < -0.3 is 33.8 Å². The number of carbonyl (C=O) groups is 3. The number of likely N-dealkylation sites (tertiary alicyclic amines) is 2. The fourth-order valence-corrected chi connectivity index (χ4v) is 7.75. The number of fused-ring (bicyclic) bond motifs is 2. The number of amides is 3. The van der Waals surface area contributed by atoms with Crippen molar-refractivity contribution < 1.29 is 28.1 Å². The van der Waals surface area contributed by atoms with E-state index in [2.05, 4.69) is 36.7 Å². The number of ketones is 1. The molecule has 0 radical (unpaired) electrons. The number of ether oxygens (including phenoxy) is 1. The molecule has 3 N–H and O–H groups in total. The number of furan rings is 1. The number of hydrogen-bond acceptors (Lipinski definition) is 9. The van der Waals surface area contributed by atoms with Crippen molar-refractivity contribution in [1.29, 1.82) is 0 Å². The van der Waals surface area contributed by atoms with Gasteiger partial charge in [-0.1, -0.05) is 32.3 Å². The first-order chi connectivity index (χ1) is 26.6. The molecule has 0 aliphatic carbocycles. The second-order valence-corrected chi connectivity index (χ2v) is 15.9. The van der Waals surface area contributed by atoms with E-state index < -0.39 is 6.03 Å². The first-order valence-corrected chi connectivity index (χ1v) is 19.5. The number of rotatable bonds is 8. The molecule has 2 aromatic carbocycles. The van der Waals surface area contributed by atoms with Gasteiger partial charge in [0.25, 0.3) is 0 Å². The highest BCUT2D eigenvalue weighted by Gasteiger charge is 2.26. The summed E-state index contributed by atoms with van der Waals surface area (Å²) < 4.78 is 17.5. The molecule has 3 aliphatic rings. The van der Waals surface area contributed by atoms with Gasteiger partial charge in [-0.25, -0.2) is 9.59 Å². The number of urea groups is 1. The van der Waals surface area contributed by atoms with Crippen LogP contribution in [0.15, 0.2) is 69.2 Å². The molecule has 0 atom stereocenters. The third-order valence-corrected chi connectivity index (χ3v) is 10.8. The smallest absolute Gasteiger partial charge is 0.415 e. The molecule has 13 heteroatoms. The number of nitrogens with one attached hydrogen (secondary N) is 3. The van der Waals surface area contributed by atoms with E-state index in [-0.39, 0.29) is 23.1 Å². The number of piperidine rings is 2. The zero-order valence-corrected chi connectivity index (χ0v) is 31.8. The Balaban J connectivity index is 0.993. The van der Waals surface area contributed by atoms with Gasteiger partial charge in [0.1, 0.15) is 17.1 Å². The highest BCUT2D eigenvalue weighted by Crippen LogP contribution is 2.33. The SMILES string of the molecule is CC(C)(C)c1cc(NC(=O)Nc2ccc3oc(C(=O)c4cc5c(CN6CCCCC6)c(OC(=O)N6CC=C(N7CCCCC7)CC6)ccc5[nH]4)cc3c2)no1. The third kappa shape index (κ3) is 8.12. The number of aromatic amines is 1. The van der Waals surface area contributed by atoms with Gasteiger partial charge in [0.15, 0.2) is 11.6 Å². The maximum atomic E-state index is 13.9. The maximum absolute atomic E-state index is 13.9. The summed E-state index contributed by atoms with van der Waals surface area (Å²) in [6.07, 6.45) is 9.82. The van der Waals surface area contributed by atoms with Crippen LogP contribution in [0.1, 0.15) is 93.3 Å². The van der Waals surface area contributed by atoms with Crippen LogP contribution >= 0.6 is 0 Å². The molecule has 3 amide bonds. The first kappa shape index (κ1) is 36.4. The van der Waals surface area contributed by atoms with Crippen LogP contribution in [0.2, 0.25) is 0 Å². The lowest BCUT2D eigenvalue weighted by Crippen LogP contribution is -2.40. The van der Waals surface area contributed by atoms with Gasteiger partial charge in [0.05, 0.1) is 5.69 Å². The van der Waals surface area contributed by atoms with Crippen molar-refractivity contribution in [2.45, 2.75) is 77.7 Å². The largest absolute Gasteiger partial charge is 0.453 e. The molecule has 3 aromatic heterocycles. The standard InChI is InChI=1S/C42H49N7O6/c1-42(2,3)37-25-38(46-55-37)45-40(51)43-28-10-12-34-27(22-28)23-36(53-34)39(50)33-24-30-31(26-47-16-6-4-7-17-47)35(13-11-32(30)44-33)54-41(52)49-20-14-29(15-21-49)48-18-8-5-9-19-48/h10-14,22-25,44H,4-9,15-21,26H2,1-3H3,(H2,43,45,46,51). The van der Waals surface area contributed by atoms with E-state index in [1.165, 1.54) is 31.4 Å². The van der Waals surface area contributed by atoms with E-state index >= 15 is 0 Å². The summed E-state index contributed by atoms with van der Waals surface area (Å²) in [6.45, 7) is 11.9. The Labute approximate surface area is 320 Å². The molecule has 0 spiro atoms. The van der Waals surface area contributed by atoms with Crippen LogP contribution in [0.5, 0.6) is 5.75 Å². The second kappa shape index (κ2) is 15.3. The molecular formula is C42H49N7O6. The summed E-state index contributed by atoms with van der Waals surface area (Å²) in [7, 11) is 0. The van der Waals surface area contributed by atoms with Crippen LogP contribution in [0.4, 0.5) is 21.1 Å². The number of carbonyl (C=O) groups excluding carboxylic acids is 3. The fraction of sp³-hybridized carbons (Fsp3) is 0.429. The van der Waals surface area contributed by atoms with Crippen molar-refractivity contribution in [2.75, 3.05) is 49.9 Å². The van der Waals surface area contributed by atoms with Crippen LogP contribution in [0.3, 0.4) is 0 Å². The monoisotopic (exact) mass is 747 g/mol. The zero-order valence-electron chi connectivity index (χ0n) is 31.8. The number of nitrogens with zero attached hydrogens (tertiary/aromatic N) is 4. The predicted octanol–water partition coefficient (Wildman–Crippen LogP) is 8.63. The van der Waals surface area contributed by atoms with Crippen molar-refractivity contribution in [1.82, 2.24) is 24.8 Å². The maximum Gasteiger partial charge on any atom is 0.415 e. The van der Waals surface area contributed by atoms with Gasteiger partial charge in [0.2, 0.25) is 5.78 Å². The third-order valence-electron chi connectivity index (χ3n) is 10.8. The minimum absolute atomic E-state index is 0.159. The first-order valence-electron chi connectivity index (χ1n) is 19.5. The van der Waals surface area contributed by atoms with Crippen molar-refractivity contribution in [3.8, 4) is 5.75 Å². The Hall–Kier alpha value is -5.56. The molecule has 0 unspecified atom stereocenters. The fourth-order valence-electron chi connectivity index (χ4n) is 7.75. The highest BCUT2D eigenvalue weighted by molar-refractivity contribution is 6.11. The van der Waals surface area contributed by atoms with E-state index in [4.69, 9.17) is 13.7 Å². The molecule has 5 aromatic rings. The van der Waals surface area contributed by atoms with Gasteiger partial charge in [-0.05, 0) is 93.7 Å². The zero-order chi connectivity index (χ0) is 38.1. The van der Waals surface area contributed by atoms with Crippen LogP contribution in [-0.2, 0) is 12.0 Å². The van der Waals surface area contributed by atoms with Gasteiger partial charge in [-0.2, -0.15) is 0 Å². The molecule has 288 valence electrons. The van der Waals surface area contributed by atoms with Crippen LogP contribution in [0.25, 0.3) is 21.9 Å². The average molecular weight is 748 g/mol. The van der Waals surface area contributed by atoms with E-state index in [1.807, 2.05) is 39.0 Å². The molecule has 8 rings (SSSR count). The Morgan fingerprint density at radius 2 is 1.67 bits per heavy atom. The summed E-state index contributed by atoms with van der Waals surface area (Å²) in [5.41, 5.74) is 4.13. The molecule has 2 fully saturated rings. The lowest BCUT2D eigenvalue weighted by Gasteiger charge is -2.35. The molecule has 3 aliphatic heterocycles. The van der Waals surface area contributed by atoms with Crippen molar-refractivity contribution in [3.63, 3.8) is 0 Å². The Morgan fingerprint density at radius 3 is 2.40 bits per heavy atom. The van der Waals surface area contributed by atoms with Crippen LogP contribution in [0, 0.1) is 0 Å². The molecule has 55 heavy (non-hydrogen) atoms. The normalized spacial score (nSPS) is 17.0. The summed E-state index contributed by atoms with van der Waals surface area (Å²) in [6, 6.07) is 13.6. The summed E-state index contributed by atoms with van der Waals surface area (Å²) in [5, 5.41) is 10.9. The van der Waals surface area contributed by atoms with Gasteiger partial charge in [0, 0.05) is 83.9 Å². The topological polar surface area (TPSA) is 149 Å². The van der Waals surface area contributed by atoms with Crippen molar-refractivity contribution >= 4 is 51.3 Å². The van der Waals surface area contributed by atoms with E-state index in [0.29, 0.717) is 59.3 Å². The van der Waals surface area contributed by atoms with Crippen LogP contribution < -0.4 is 15.4 Å². The Morgan fingerprint density at radius 1 is 0.891 bits per heavy atom. The van der Waals surface area contributed by atoms with Gasteiger partial charge in [-0.3, -0.25) is 15.0 Å². The number of benzene rings is 2. The molecule has 0 bridgehead atoms. The Bertz CT molecular complexity index is 2250. The van der Waals surface area contributed by atoms with Gasteiger partial charge in [-0.15, -0.1) is 0 Å². The lowest BCUT2D eigenvalue weighted by molar-refractivity contribution is 0.101. The van der Waals surface area contributed by atoms with Gasteiger partial charge >= 0.3 is 12.1 Å². The predicted molar refractivity (Wildman–Crippen MR) is 211 cm³/mol. The average Bonchev–Trinajstić information content (AvgIpc) is 3.95. The molecule has 0 saturated carbocycles. The summed E-state index contributed by atoms with van der Waals surface area (Å²) in [4.78, 5) is 50.1.